The van der Waals surface area contributed by atoms with Gasteiger partial charge < -0.3 is 8.98 Å². The second-order valence-electron chi connectivity index (χ2n) is 5.68. The average Bonchev–Trinajstić information content (AvgIpc) is 2.96. The lowest BCUT2D eigenvalue weighted by Crippen LogP contribution is -2.15. The Bertz CT molecular complexity index is 594. The third-order valence-corrected chi connectivity index (χ3v) is 2.82. The predicted octanol–water partition coefficient (Wildman–Crippen LogP) is 1.67. The summed E-state index contributed by atoms with van der Waals surface area (Å²) in [6.45, 7) is 6.16. The van der Waals surface area contributed by atoms with Crippen LogP contribution in [0.1, 0.15) is 38.8 Å². The zero-order valence-electron chi connectivity index (χ0n) is 12.2. The molecule has 0 aliphatic rings. The monoisotopic (exact) mass is 277 g/mol. The Morgan fingerprint density at radius 2 is 2.20 bits per heavy atom. The van der Waals surface area contributed by atoms with Gasteiger partial charge in [0.05, 0.1) is 6.20 Å². The fraction of sp³-hybridized carbons (Fsp3) is 0.538. The van der Waals surface area contributed by atoms with Crippen molar-refractivity contribution in [2.24, 2.45) is 7.05 Å². The highest BCUT2D eigenvalue weighted by atomic mass is 16.4. The number of nitrogens with zero attached hydrogens (tertiary/aromatic N) is 4. The molecule has 0 atom stereocenters. The van der Waals surface area contributed by atoms with Crippen LogP contribution >= 0.6 is 0 Å². The van der Waals surface area contributed by atoms with Crippen LogP contribution in [0.3, 0.4) is 0 Å². The van der Waals surface area contributed by atoms with E-state index in [0.29, 0.717) is 18.3 Å². The van der Waals surface area contributed by atoms with Crippen LogP contribution in [-0.2, 0) is 23.7 Å². The fourth-order valence-electron chi connectivity index (χ4n) is 1.58. The van der Waals surface area contributed by atoms with E-state index in [-0.39, 0.29) is 17.7 Å². The standard InChI is InChI=1S/C13H19N5O2/c1-13(2,3)9-7-14-11(20-9)6-5-10(19)16-12-17-15-8-18(12)4/h7-8H,5-6H2,1-4H3,(H,16,17,19). The Hall–Kier alpha value is -2.18. The maximum absolute atomic E-state index is 11.8. The zero-order chi connectivity index (χ0) is 14.8. The molecule has 0 spiro atoms. The normalized spacial score (nSPS) is 11.6. The number of hydrogen-bond acceptors (Lipinski definition) is 5. The van der Waals surface area contributed by atoms with Gasteiger partial charge in [0.15, 0.2) is 5.89 Å². The molecule has 0 unspecified atom stereocenters. The van der Waals surface area contributed by atoms with Gasteiger partial charge in [0.25, 0.3) is 0 Å². The molecule has 0 aliphatic carbocycles. The van der Waals surface area contributed by atoms with Crippen molar-refractivity contribution in [1.29, 1.82) is 0 Å². The molecule has 2 aromatic rings. The first-order chi connectivity index (χ1) is 9.36. The molecule has 0 radical (unpaired) electrons. The molecule has 20 heavy (non-hydrogen) atoms. The third-order valence-electron chi connectivity index (χ3n) is 2.82. The maximum Gasteiger partial charge on any atom is 0.230 e. The first-order valence-electron chi connectivity index (χ1n) is 6.45. The number of oxazole rings is 1. The SMILES string of the molecule is Cn1cnnc1NC(=O)CCc1ncc(C(C)(C)C)o1. The van der Waals surface area contributed by atoms with Crippen LogP contribution in [0, 0.1) is 0 Å². The van der Waals surface area contributed by atoms with E-state index in [1.54, 1.807) is 17.8 Å². The number of aryl methyl sites for hydroxylation is 2. The average molecular weight is 277 g/mol. The summed E-state index contributed by atoms with van der Waals surface area (Å²) in [5, 5.41) is 10.2. The molecule has 1 amide bonds. The lowest BCUT2D eigenvalue weighted by atomic mass is 9.94. The lowest BCUT2D eigenvalue weighted by molar-refractivity contribution is -0.116. The maximum atomic E-state index is 11.8. The van der Waals surface area contributed by atoms with Crippen LogP contribution < -0.4 is 5.32 Å². The Labute approximate surface area is 117 Å². The van der Waals surface area contributed by atoms with Crippen LogP contribution in [0.2, 0.25) is 0 Å². The van der Waals surface area contributed by atoms with E-state index in [2.05, 4.69) is 41.3 Å². The van der Waals surface area contributed by atoms with Crippen molar-refractivity contribution < 1.29 is 9.21 Å². The Morgan fingerprint density at radius 3 is 2.75 bits per heavy atom. The molecule has 2 heterocycles. The number of anilines is 1. The van der Waals surface area contributed by atoms with Crippen LogP contribution in [0.5, 0.6) is 0 Å². The van der Waals surface area contributed by atoms with Crippen molar-refractivity contribution in [2.75, 3.05) is 5.32 Å². The Morgan fingerprint density at radius 1 is 1.45 bits per heavy atom. The van der Waals surface area contributed by atoms with Crippen molar-refractivity contribution >= 4 is 11.9 Å². The highest BCUT2D eigenvalue weighted by molar-refractivity contribution is 5.88. The Kier molecular flexibility index (Phi) is 3.87. The van der Waals surface area contributed by atoms with Crippen molar-refractivity contribution in [1.82, 2.24) is 19.7 Å². The van der Waals surface area contributed by atoms with Gasteiger partial charge in [-0.1, -0.05) is 20.8 Å². The van der Waals surface area contributed by atoms with Crippen molar-refractivity contribution in [3.8, 4) is 0 Å². The van der Waals surface area contributed by atoms with Crippen molar-refractivity contribution in [3.63, 3.8) is 0 Å². The van der Waals surface area contributed by atoms with E-state index < -0.39 is 0 Å². The number of hydrogen-bond donors (Lipinski definition) is 1. The largest absolute Gasteiger partial charge is 0.445 e. The zero-order valence-corrected chi connectivity index (χ0v) is 12.2. The number of rotatable bonds is 4. The topological polar surface area (TPSA) is 85.8 Å². The number of carbonyl (C=O) groups excluding carboxylic acids is 1. The smallest absolute Gasteiger partial charge is 0.230 e. The second-order valence-corrected chi connectivity index (χ2v) is 5.68. The molecular weight excluding hydrogens is 258 g/mol. The third kappa shape index (κ3) is 3.43. The van der Waals surface area contributed by atoms with Crippen LogP contribution in [0.4, 0.5) is 5.95 Å². The molecule has 7 heteroatoms. The minimum atomic E-state index is -0.142. The van der Waals surface area contributed by atoms with Crippen LogP contribution in [0.25, 0.3) is 0 Å². The van der Waals surface area contributed by atoms with E-state index in [0.717, 1.165) is 5.76 Å². The molecule has 0 aliphatic heterocycles. The van der Waals surface area contributed by atoms with Gasteiger partial charge in [0, 0.05) is 25.3 Å². The molecule has 1 N–H and O–H groups in total. The summed E-state index contributed by atoms with van der Waals surface area (Å²) in [7, 11) is 1.76. The molecule has 0 saturated carbocycles. The van der Waals surface area contributed by atoms with E-state index in [4.69, 9.17) is 4.42 Å². The molecule has 0 aromatic carbocycles. The van der Waals surface area contributed by atoms with E-state index >= 15 is 0 Å². The number of aromatic nitrogens is 4. The Balaban J connectivity index is 1.88. The first kappa shape index (κ1) is 14.2. The van der Waals surface area contributed by atoms with Gasteiger partial charge in [0.1, 0.15) is 12.1 Å². The van der Waals surface area contributed by atoms with E-state index in [9.17, 15) is 4.79 Å². The summed E-state index contributed by atoms with van der Waals surface area (Å²) in [5.41, 5.74) is -0.0772. The van der Waals surface area contributed by atoms with Gasteiger partial charge in [-0.3, -0.25) is 10.1 Å². The summed E-state index contributed by atoms with van der Waals surface area (Å²) in [5.74, 6) is 1.68. The highest BCUT2D eigenvalue weighted by Gasteiger charge is 2.19. The van der Waals surface area contributed by atoms with Gasteiger partial charge >= 0.3 is 0 Å². The summed E-state index contributed by atoms with van der Waals surface area (Å²) in [6, 6.07) is 0. The van der Waals surface area contributed by atoms with Crippen molar-refractivity contribution in [3.05, 3.63) is 24.2 Å². The van der Waals surface area contributed by atoms with Crippen molar-refractivity contribution in [2.45, 2.75) is 39.0 Å². The minimum absolute atomic E-state index is 0.0772. The molecule has 2 rings (SSSR count). The minimum Gasteiger partial charge on any atom is -0.445 e. The molecule has 108 valence electrons. The van der Waals surface area contributed by atoms with Gasteiger partial charge in [-0.05, 0) is 0 Å². The van der Waals surface area contributed by atoms with Crippen LogP contribution in [-0.4, -0.2) is 25.7 Å². The molecule has 0 fully saturated rings. The second kappa shape index (κ2) is 5.44. The molecule has 0 bridgehead atoms. The van der Waals surface area contributed by atoms with Gasteiger partial charge in [-0.15, -0.1) is 10.2 Å². The summed E-state index contributed by atoms with van der Waals surface area (Å²) >= 11 is 0. The molecule has 2 aromatic heterocycles. The number of amides is 1. The van der Waals surface area contributed by atoms with E-state index in [1.165, 1.54) is 6.33 Å². The quantitative estimate of drug-likeness (QED) is 0.918. The summed E-state index contributed by atoms with van der Waals surface area (Å²) < 4.78 is 7.27. The summed E-state index contributed by atoms with van der Waals surface area (Å²) in [6.07, 6.45) is 3.99. The van der Waals surface area contributed by atoms with Crippen LogP contribution in [0.15, 0.2) is 16.9 Å². The number of carbonyl (C=O) groups is 1. The highest BCUT2D eigenvalue weighted by Crippen LogP contribution is 2.23. The van der Waals surface area contributed by atoms with Gasteiger partial charge in [-0.25, -0.2) is 4.98 Å². The molecule has 0 saturated heterocycles. The molecule has 7 nitrogen and oxygen atoms in total. The first-order valence-corrected chi connectivity index (χ1v) is 6.45. The lowest BCUT2D eigenvalue weighted by Gasteiger charge is -2.13. The molecular formula is C13H19N5O2. The summed E-state index contributed by atoms with van der Waals surface area (Å²) in [4.78, 5) is 16.0. The predicted molar refractivity (Wildman–Crippen MR) is 73.2 cm³/mol. The van der Waals surface area contributed by atoms with Gasteiger partial charge in [-0.2, -0.15) is 0 Å². The van der Waals surface area contributed by atoms with E-state index in [1.807, 2.05) is 0 Å². The fourth-order valence-corrected chi connectivity index (χ4v) is 1.58. The number of nitrogens with one attached hydrogen (secondary N) is 1. The van der Waals surface area contributed by atoms with Gasteiger partial charge in [0.2, 0.25) is 11.9 Å².